The number of carbonyl (C=O) groups is 2. The van der Waals surface area contributed by atoms with Crippen molar-refractivity contribution in [3.63, 3.8) is 0 Å². The summed E-state index contributed by atoms with van der Waals surface area (Å²) in [4.78, 5) is 23.7. The Morgan fingerprint density at radius 1 is 1.29 bits per heavy atom. The summed E-state index contributed by atoms with van der Waals surface area (Å²) in [6.45, 7) is 2.20. The average Bonchev–Trinajstić information content (AvgIpc) is 2.90. The molecule has 1 heterocycles. The molecule has 3 nitrogen and oxygen atoms in total. The van der Waals surface area contributed by atoms with Crippen LogP contribution in [0.5, 0.6) is 0 Å². The molecule has 0 atom stereocenters. The molecule has 0 fully saturated rings. The number of allylic oxidation sites excluding steroid dienone is 2. The van der Waals surface area contributed by atoms with Gasteiger partial charge in [0.1, 0.15) is 0 Å². The van der Waals surface area contributed by atoms with E-state index in [9.17, 15) is 9.59 Å². The monoisotopic (exact) mass is 406 g/mol. The fourth-order valence-corrected chi connectivity index (χ4v) is 8.35. The Hall–Kier alpha value is -1.000. The van der Waals surface area contributed by atoms with Crippen LogP contribution in [0.4, 0.5) is 0 Å². The van der Waals surface area contributed by atoms with Gasteiger partial charge in [0, 0.05) is 0 Å². The van der Waals surface area contributed by atoms with Crippen molar-refractivity contribution in [2.75, 3.05) is 6.61 Å². The molecule has 1 aromatic rings. The molecule has 0 bridgehead atoms. The standard InChI is InChI=1S/C12H9ClO.C4H7O2.In/c1-3-9(2)12(14)8-10-6-4-5-7-11(10)13;1-3-6-4(2)5;/h1-7H,8H2;2-3H2,1H3;. The van der Waals surface area contributed by atoms with Crippen molar-refractivity contribution in [3.05, 3.63) is 54.2 Å². The number of carbonyl (C=O) groups excluding carboxylic acids is 2. The molecule has 0 aliphatic carbocycles. The molecule has 0 radical (unpaired) electrons. The molecular weight excluding hydrogens is 390 g/mol. The van der Waals surface area contributed by atoms with Crippen LogP contribution >= 0.6 is 11.6 Å². The number of rotatable bonds is 6. The molecule has 5 heteroatoms. The Morgan fingerprint density at radius 2 is 2.05 bits per heavy atom. The summed E-state index contributed by atoms with van der Waals surface area (Å²) in [7, 11) is 0. The van der Waals surface area contributed by atoms with E-state index in [0.29, 0.717) is 22.2 Å². The SMILES string of the molecule is CCOC(=O)[CH2][In]1[CH]=CC(C(=O)Cc2ccccc2Cl)=[CH]1. The summed E-state index contributed by atoms with van der Waals surface area (Å²) < 4.78 is 9.53. The van der Waals surface area contributed by atoms with Crippen LogP contribution in [0, 0.1) is 0 Å². The summed E-state index contributed by atoms with van der Waals surface area (Å²) in [5.74, 6) is -0.0959. The Morgan fingerprint density at radius 3 is 2.76 bits per heavy atom. The maximum absolute atomic E-state index is 12.3. The van der Waals surface area contributed by atoms with Crippen molar-refractivity contribution in [3.8, 4) is 0 Å². The summed E-state index contributed by atoms with van der Waals surface area (Å²) in [5.41, 5.74) is 1.56. The zero-order chi connectivity index (χ0) is 15.2. The van der Waals surface area contributed by atoms with Crippen LogP contribution in [0.2, 0.25) is 9.20 Å². The Balaban J connectivity index is 1.97. The third kappa shape index (κ3) is 4.75. The Kier molecular flexibility index (Phi) is 6.12. The van der Waals surface area contributed by atoms with E-state index < -0.39 is 21.4 Å². The molecule has 0 saturated carbocycles. The molecular formula is C16H16ClInO3. The predicted octanol–water partition coefficient (Wildman–Crippen LogP) is 3.08. The molecule has 1 aliphatic heterocycles. The van der Waals surface area contributed by atoms with Gasteiger partial charge in [0.15, 0.2) is 0 Å². The van der Waals surface area contributed by atoms with Gasteiger partial charge in [0.05, 0.1) is 0 Å². The van der Waals surface area contributed by atoms with Crippen molar-refractivity contribution < 1.29 is 14.3 Å². The number of halogens is 1. The van der Waals surface area contributed by atoms with Gasteiger partial charge in [0.25, 0.3) is 0 Å². The fraction of sp³-hybridized carbons (Fsp3) is 0.250. The van der Waals surface area contributed by atoms with Gasteiger partial charge in [-0.2, -0.15) is 0 Å². The van der Waals surface area contributed by atoms with Gasteiger partial charge >= 0.3 is 137 Å². The van der Waals surface area contributed by atoms with Crippen LogP contribution in [-0.2, 0) is 20.7 Å². The second-order valence-corrected chi connectivity index (χ2v) is 12.3. The normalized spacial score (nSPS) is 13.2. The molecule has 0 aromatic heterocycles. The summed E-state index contributed by atoms with van der Waals surface area (Å²) in [5, 5.41) is 0.611. The zero-order valence-corrected chi connectivity index (χ0v) is 15.9. The maximum atomic E-state index is 12.3. The first-order valence-corrected chi connectivity index (χ1v) is 13.4. The number of ketones is 1. The van der Waals surface area contributed by atoms with Crippen molar-refractivity contribution >= 4 is 44.8 Å². The van der Waals surface area contributed by atoms with Crippen LogP contribution < -0.4 is 0 Å². The summed E-state index contributed by atoms with van der Waals surface area (Å²) in [6.07, 6.45) is 2.16. The second kappa shape index (κ2) is 7.85. The molecule has 0 spiro atoms. The van der Waals surface area contributed by atoms with Gasteiger partial charge in [0.2, 0.25) is 0 Å². The van der Waals surface area contributed by atoms with Gasteiger partial charge in [-0.3, -0.25) is 0 Å². The third-order valence-corrected chi connectivity index (χ3v) is 10.1. The zero-order valence-electron chi connectivity index (χ0n) is 11.8. The van der Waals surface area contributed by atoms with E-state index in [0.717, 1.165) is 11.1 Å². The first-order chi connectivity index (χ1) is 10.1. The van der Waals surface area contributed by atoms with E-state index >= 15 is 0 Å². The average molecular weight is 407 g/mol. The van der Waals surface area contributed by atoms with Crippen molar-refractivity contribution in [2.24, 2.45) is 0 Å². The number of ether oxygens (including phenoxy) is 1. The van der Waals surface area contributed by atoms with E-state index in [2.05, 4.69) is 3.83 Å². The predicted molar refractivity (Wildman–Crippen MR) is 84.6 cm³/mol. The molecule has 1 aromatic carbocycles. The van der Waals surface area contributed by atoms with Crippen molar-refractivity contribution in [1.29, 1.82) is 0 Å². The van der Waals surface area contributed by atoms with Gasteiger partial charge in [-0.25, -0.2) is 0 Å². The first kappa shape index (κ1) is 16.4. The van der Waals surface area contributed by atoms with Gasteiger partial charge in [-0.1, -0.05) is 0 Å². The van der Waals surface area contributed by atoms with Crippen molar-refractivity contribution in [1.82, 2.24) is 0 Å². The number of benzene rings is 1. The quantitative estimate of drug-likeness (QED) is 0.682. The van der Waals surface area contributed by atoms with E-state index in [1.807, 2.05) is 28.1 Å². The second-order valence-electron chi connectivity index (χ2n) is 4.85. The molecule has 108 valence electrons. The van der Waals surface area contributed by atoms with Crippen LogP contribution in [0.25, 0.3) is 0 Å². The fourth-order valence-electron chi connectivity index (χ4n) is 2.21. The first-order valence-electron chi connectivity index (χ1n) is 6.92. The van der Waals surface area contributed by atoms with E-state index in [1.165, 1.54) is 0 Å². The van der Waals surface area contributed by atoms with Crippen LogP contribution in [-0.4, -0.2) is 39.8 Å². The van der Waals surface area contributed by atoms with E-state index in [-0.39, 0.29) is 11.8 Å². The molecule has 0 unspecified atom stereocenters. The minimum atomic E-state index is -2.20. The molecule has 21 heavy (non-hydrogen) atoms. The Labute approximate surface area is 137 Å². The summed E-state index contributed by atoms with van der Waals surface area (Å²) in [6, 6.07) is 7.36. The molecule has 0 saturated heterocycles. The third-order valence-electron chi connectivity index (χ3n) is 3.26. The van der Waals surface area contributed by atoms with Crippen LogP contribution in [0.15, 0.2) is 43.6 Å². The number of esters is 1. The van der Waals surface area contributed by atoms with Crippen molar-refractivity contribution in [2.45, 2.75) is 17.5 Å². The molecule has 1 aliphatic rings. The van der Waals surface area contributed by atoms with E-state index in [4.69, 9.17) is 16.3 Å². The molecule has 0 amide bonds. The van der Waals surface area contributed by atoms with Gasteiger partial charge in [-0.15, -0.1) is 0 Å². The van der Waals surface area contributed by atoms with Gasteiger partial charge in [-0.05, 0) is 0 Å². The van der Waals surface area contributed by atoms with Crippen LogP contribution in [0.1, 0.15) is 12.5 Å². The number of hydrogen-bond acceptors (Lipinski definition) is 3. The van der Waals surface area contributed by atoms with Gasteiger partial charge < -0.3 is 0 Å². The molecule has 0 N–H and O–H groups in total. The minimum absolute atomic E-state index is 0.0578. The number of hydrogen-bond donors (Lipinski definition) is 0. The van der Waals surface area contributed by atoms with E-state index in [1.54, 1.807) is 13.0 Å². The summed E-state index contributed by atoms with van der Waals surface area (Å²) >= 11 is 3.87. The Bertz CT molecular complexity index is 607. The number of Topliss-reactive ketones (excluding diaryl/α,β-unsaturated/α-hetero) is 1. The van der Waals surface area contributed by atoms with Crippen LogP contribution in [0.3, 0.4) is 0 Å². The topological polar surface area (TPSA) is 43.4 Å². The molecule has 2 rings (SSSR count).